The van der Waals surface area contributed by atoms with Crippen LogP contribution in [0.5, 0.6) is 0 Å². The maximum absolute atomic E-state index is 14.4. The second-order valence-corrected chi connectivity index (χ2v) is 11.3. The number of carboxylic acids is 1. The van der Waals surface area contributed by atoms with Gasteiger partial charge < -0.3 is 24.6 Å². The number of hydrogen-bond donors (Lipinski definition) is 2. The van der Waals surface area contributed by atoms with E-state index in [1.165, 1.54) is 4.90 Å². The number of carboxylic acid groups (broad SMARTS) is 1. The van der Waals surface area contributed by atoms with Crippen molar-refractivity contribution in [2.75, 3.05) is 19.3 Å². The molecule has 0 bridgehead atoms. The maximum Gasteiger partial charge on any atom is 0.407 e. The lowest BCUT2D eigenvalue weighted by Crippen LogP contribution is -2.44. The van der Waals surface area contributed by atoms with Gasteiger partial charge in [-0.25, -0.2) is 9.59 Å². The molecule has 1 aliphatic heterocycles. The van der Waals surface area contributed by atoms with Gasteiger partial charge in [-0.1, -0.05) is 60.7 Å². The summed E-state index contributed by atoms with van der Waals surface area (Å²) in [7, 11) is -3.87. The third kappa shape index (κ3) is 7.67. The molecular weight excluding hydrogens is 483 g/mol. The fourth-order valence-corrected chi connectivity index (χ4v) is 6.47. The van der Waals surface area contributed by atoms with E-state index in [2.05, 4.69) is 5.32 Å². The van der Waals surface area contributed by atoms with E-state index in [1.54, 1.807) is 6.92 Å². The topological polar surface area (TPSA) is 122 Å². The van der Waals surface area contributed by atoms with Crippen LogP contribution in [0.1, 0.15) is 37.3 Å². The number of rotatable bonds is 12. The van der Waals surface area contributed by atoms with Crippen molar-refractivity contribution < 1.29 is 33.3 Å². The molecule has 1 heterocycles. The van der Waals surface area contributed by atoms with Crippen molar-refractivity contribution in [1.29, 1.82) is 0 Å². The lowest BCUT2D eigenvalue weighted by molar-refractivity contribution is -0.147. The molecule has 3 rings (SSSR count). The van der Waals surface area contributed by atoms with Gasteiger partial charge in [-0.15, -0.1) is 0 Å². The number of aliphatic carboxylic acids is 1. The van der Waals surface area contributed by atoms with Crippen LogP contribution >= 0.6 is 7.37 Å². The Kier molecular flexibility index (Phi) is 10.1. The molecule has 0 spiro atoms. The van der Waals surface area contributed by atoms with Crippen LogP contribution in [0.25, 0.3) is 0 Å². The van der Waals surface area contributed by atoms with E-state index in [0.717, 1.165) is 11.1 Å². The van der Waals surface area contributed by atoms with Crippen LogP contribution in [0.15, 0.2) is 60.7 Å². The summed E-state index contributed by atoms with van der Waals surface area (Å²) in [5.74, 6) is -2.66. The Bertz CT molecular complexity index is 1060. The first-order valence-corrected chi connectivity index (χ1v) is 14.0. The Balaban J connectivity index is 1.87. The van der Waals surface area contributed by atoms with E-state index >= 15 is 0 Å². The van der Waals surface area contributed by atoms with Crippen molar-refractivity contribution in [2.24, 2.45) is 0 Å². The third-order valence-electron chi connectivity index (χ3n) is 6.09. The molecule has 2 aromatic rings. The van der Waals surface area contributed by atoms with Crippen molar-refractivity contribution >= 4 is 25.3 Å². The highest BCUT2D eigenvalue weighted by molar-refractivity contribution is 7.60. The van der Waals surface area contributed by atoms with E-state index in [0.29, 0.717) is 19.3 Å². The predicted molar refractivity (Wildman–Crippen MR) is 135 cm³/mol. The average molecular weight is 517 g/mol. The monoisotopic (exact) mass is 516 g/mol. The average Bonchev–Trinajstić information content (AvgIpc) is 3.38. The maximum atomic E-state index is 14.4. The molecule has 10 heteroatoms. The van der Waals surface area contributed by atoms with Gasteiger partial charge in [-0.3, -0.25) is 9.36 Å². The van der Waals surface area contributed by atoms with Gasteiger partial charge in [0.15, 0.2) is 0 Å². The van der Waals surface area contributed by atoms with E-state index in [-0.39, 0.29) is 26.2 Å². The van der Waals surface area contributed by atoms with Crippen LogP contribution in [0, 0.1) is 0 Å². The lowest BCUT2D eigenvalue weighted by Gasteiger charge is -2.30. The minimum absolute atomic E-state index is 0.0277. The van der Waals surface area contributed by atoms with Gasteiger partial charge in [0.1, 0.15) is 18.0 Å². The molecule has 1 saturated heterocycles. The molecule has 194 valence electrons. The Morgan fingerprint density at radius 2 is 1.72 bits per heavy atom. The molecule has 2 amide bonds. The van der Waals surface area contributed by atoms with E-state index in [9.17, 15) is 24.1 Å². The first kappa shape index (κ1) is 27.4. The second-order valence-electron chi connectivity index (χ2n) is 8.63. The van der Waals surface area contributed by atoms with Gasteiger partial charge in [0.25, 0.3) is 0 Å². The minimum atomic E-state index is -3.87. The van der Waals surface area contributed by atoms with Crippen LogP contribution in [0.4, 0.5) is 4.79 Å². The molecule has 1 aliphatic rings. The van der Waals surface area contributed by atoms with Crippen molar-refractivity contribution in [2.45, 2.75) is 51.0 Å². The van der Waals surface area contributed by atoms with Crippen LogP contribution in [0.2, 0.25) is 0 Å². The Labute approximate surface area is 211 Å². The first-order valence-electron chi connectivity index (χ1n) is 12.1. The predicted octanol–water partition coefficient (Wildman–Crippen LogP) is 4.26. The van der Waals surface area contributed by atoms with Gasteiger partial charge in [0, 0.05) is 6.54 Å². The lowest BCUT2D eigenvalue weighted by atomic mass is 10.1. The van der Waals surface area contributed by atoms with Crippen LogP contribution in [0.3, 0.4) is 0 Å². The van der Waals surface area contributed by atoms with E-state index in [4.69, 9.17) is 9.26 Å². The van der Waals surface area contributed by atoms with Crippen molar-refractivity contribution in [3.8, 4) is 0 Å². The summed E-state index contributed by atoms with van der Waals surface area (Å²) in [6.07, 6.45) is 0.341. The molecular formula is C26H33N2O7P. The molecule has 2 unspecified atom stereocenters. The number of ether oxygens (including phenoxy) is 1. The molecule has 0 aliphatic carbocycles. The zero-order valence-electron chi connectivity index (χ0n) is 20.4. The molecule has 0 radical (unpaired) electrons. The Morgan fingerprint density at radius 1 is 1.08 bits per heavy atom. The molecule has 3 atom stereocenters. The first-order chi connectivity index (χ1) is 17.3. The fourth-order valence-electron chi connectivity index (χ4n) is 4.23. The standard InChI is InChI=1S/C26H33N2O7P/c1-2-34-26(32)27-23(16-15-20-10-5-3-6-11-20)36(33,35-18-21-12-7-4-8-13-21)19-24(29)28-17-9-14-22(28)25(30)31/h3-8,10-13,22-23H,2,9,14-19H2,1H3,(H,27,32)(H,30,31)/t22-,23?,36?/m0/s1. The highest BCUT2D eigenvalue weighted by Gasteiger charge is 2.42. The van der Waals surface area contributed by atoms with Crippen molar-refractivity contribution in [1.82, 2.24) is 10.2 Å². The second kappa shape index (κ2) is 13.2. The smallest absolute Gasteiger partial charge is 0.407 e. The zero-order valence-corrected chi connectivity index (χ0v) is 21.3. The summed E-state index contributed by atoms with van der Waals surface area (Å²) >= 11 is 0. The molecule has 0 aromatic heterocycles. The van der Waals surface area contributed by atoms with Crippen LogP contribution in [-0.4, -0.2) is 59.1 Å². The Hall–Kier alpha value is -3.16. The zero-order chi connectivity index (χ0) is 26.0. The molecule has 2 aromatic carbocycles. The summed E-state index contributed by atoms with van der Waals surface area (Å²) in [6, 6.07) is 17.6. The SMILES string of the molecule is CCOC(=O)NC(CCc1ccccc1)P(=O)(CC(=O)N1CCC[C@H]1C(=O)O)OCc1ccccc1. The number of benzene rings is 2. The number of carbonyl (C=O) groups is 3. The molecule has 0 saturated carbocycles. The van der Waals surface area contributed by atoms with Crippen molar-refractivity contribution in [3.63, 3.8) is 0 Å². The molecule has 9 nitrogen and oxygen atoms in total. The van der Waals surface area contributed by atoms with Gasteiger partial charge in [-0.05, 0) is 43.7 Å². The summed E-state index contributed by atoms with van der Waals surface area (Å²) in [4.78, 5) is 38.5. The number of likely N-dealkylation sites (tertiary alicyclic amines) is 1. The van der Waals surface area contributed by atoms with Gasteiger partial charge in [-0.2, -0.15) is 0 Å². The van der Waals surface area contributed by atoms with Crippen molar-refractivity contribution in [3.05, 3.63) is 71.8 Å². The highest BCUT2D eigenvalue weighted by atomic mass is 31.2. The quantitative estimate of drug-likeness (QED) is 0.404. The van der Waals surface area contributed by atoms with Crippen LogP contribution < -0.4 is 5.32 Å². The van der Waals surface area contributed by atoms with Gasteiger partial charge in [0.05, 0.1) is 13.2 Å². The summed E-state index contributed by atoms with van der Waals surface area (Å²) in [6.45, 7) is 2.03. The highest BCUT2D eigenvalue weighted by Crippen LogP contribution is 2.53. The number of amides is 2. The fraction of sp³-hybridized carbons (Fsp3) is 0.423. The van der Waals surface area contributed by atoms with E-state index in [1.807, 2.05) is 60.7 Å². The number of carbonyl (C=O) groups excluding carboxylic acids is 2. The molecule has 36 heavy (non-hydrogen) atoms. The largest absolute Gasteiger partial charge is 0.480 e. The number of alkyl carbamates (subject to hydrolysis) is 1. The third-order valence-corrected chi connectivity index (χ3v) is 8.70. The number of nitrogens with one attached hydrogen (secondary N) is 1. The molecule has 1 fully saturated rings. The van der Waals surface area contributed by atoms with E-state index < -0.39 is 43.3 Å². The number of nitrogens with zero attached hydrogens (tertiary/aromatic N) is 1. The van der Waals surface area contributed by atoms with Gasteiger partial charge >= 0.3 is 12.1 Å². The minimum Gasteiger partial charge on any atom is -0.480 e. The summed E-state index contributed by atoms with van der Waals surface area (Å²) in [5.41, 5.74) is 1.73. The molecule has 2 N–H and O–H groups in total. The summed E-state index contributed by atoms with van der Waals surface area (Å²) in [5, 5.41) is 12.2. The van der Waals surface area contributed by atoms with Gasteiger partial charge in [0.2, 0.25) is 13.3 Å². The normalized spacial score (nSPS) is 17.7. The summed E-state index contributed by atoms with van der Waals surface area (Å²) < 4.78 is 25.4. The number of aryl methyl sites for hydroxylation is 1. The number of hydrogen-bond acceptors (Lipinski definition) is 6. The Morgan fingerprint density at radius 3 is 2.33 bits per heavy atom. The van der Waals surface area contributed by atoms with Crippen LogP contribution in [-0.2, 0) is 36.4 Å².